The number of hydrogen-bond acceptors (Lipinski definition) is 25. The molecule has 7 unspecified atom stereocenters. The van der Waals surface area contributed by atoms with E-state index >= 15 is 24.0 Å². The summed E-state index contributed by atoms with van der Waals surface area (Å²) in [5.74, 6) is -20.2. The molecule has 0 spiro atoms. The fraction of sp³-hybridized carbons (Fsp3) is 0.519. The number of carbonyl (C=O) groups is 19. The number of nitrogens with two attached hydrogens (primary N) is 5. The summed E-state index contributed by atoms with van der Waals surface area (Å²) in [5.41, 5.74) is 30.3. The number of benzene rings is 5. The highest BCUT2D eigenvalue weighted by Gasteiger charge is 2.43. The summed E-state index contributed by atoms with van der Waals surface area (Å²) < 4.78 is 5.29. The van der Waals surface area contributed by atoms with Crippen molar-refractivity contribution in [3.63, 3.8) is 0 Å². The van der Waals surface area contributed by atoms with Gasteiger partial charge in [0.05, 0.1) is 18.6 Å². The van der Waals surface area contributed by atoms with Gasteiger partial charge in [-0.15, -0.1) is 0 Å². The van der Waals surface area contributed by atoms with Gasteiger partial charge < -0.3 is 138 Å². The minimum Gasteiger partial charge on any atom is -0.482 e. The van der Waals surface area contributed by atoms with E-state index in [0.29, 0.717) is 53.5 Å². The van der Waals surface area contributed by atoms with E-state index in [1.54, 1.807) is 107 Å². The van der Waals surface area contributed by atoms with E-state index in [-0.39, 0.29) is 120 Å². The van der Waals surface area contributed by atoms with Crippen molar-refractivity contribution in [1.82, 2.24) is 84.7 Å². The van der Waals surface area contributed by atoms with Crippen molar-refractivity contribution in [1.29, 1.82) is 5.41 Å². The molecule has 6 rings (SSSR count). The highest BCUT2D eigenvalue weighted by Crippen LogP contribution is 2.29. The number of guanidine groups is 1. The molecule has 1 fully saturated rings. The minimum atomic E-state index is -2.12. The molecule has 5 aromatic carbocycles. The number of rotatable bonds is 65. The number of likely N-dealkylation sites (N-methyl/N-ethyl adjacent to an activating group) is 1. The smallest absolute Gasteiger partial charge is 0.341 e. The van der Waals surface area contributed by atoms with E-state index in [4.69, 9.17) is 38.8 Å². The number of aliphatic carboxylic acids is 2. The summed E-state index contributed by atoms with van der Waals surface area (Å²) in [4.78, 5) is 270. The van der Waals surface area contributed by atoms with Gasteiger partial charge in [-0.05, 0) is 169 Å². The van der Waals surface area contributed by atoms with Crippen LogP contribution in [0.25, 0.3) is 11.1 Å². The lowest BCUT2D eigenvalue weighted by atomic mass is 9.84. The maximum Gasteiger partial charge on any atom is 0.341 e. The van der Waals surface area contributed by atoms with Crippen molar-refractivity contribution in [2.75, 3.05) is 39.9 Å². The number of carboxylic acid groups (broad SMARTS) is 2. The van der Waals surface area contributed by atoms with Gasteiger partial charge in [0.15, 0.2) is 12.6 Å². The number of primary amides is 2. The Labute approximate surface area is 871 Å². The topological polar surface area (TPSA) is 752 Å². The molecular weight excluding hydrogens is 1940 g/mol. The van der Waals surface area contributed by atoms with Gasteiger partial charge in [0, 0.05) is 45.7 Å². The van der Waals surface area contributed by atoms with Crippen molar-refractivity contribution < 1.29 is 116 Å². The molecule has 1 aliphatic carbocycles. The van der Waals surface area contributed by atoms with Crippen LogP contribution in [0.2, 0.25) is 0 Å². The van der Waals surface area contributed by atoms with Gasteiger partial charge in [-0.1, -0.05) is 187 Å². The van der Waals surface area contributed by atoms with Crippen molar-refractivity contribution in [2.24, 2.45) is 40.5 Å². The van der Waals surface area contributed by atoms with Gasteiger partial charge in [-0.3, -0.25) is 91.7 Å². The normalized spacial score (nSPS) is 14.9. The molecule has 1 aliphatic rings. The fourth-order valence-electron chi connectivity index (χ4n) is 16.7. The van der Waals surface area contributed by atoms with Gasteiger partial charge in [0.25, 0.3) is 0 Å². The summed E-state index contributed by atoms with van der Waals surface area (Å²) in [6.07, 6.45) is 0.488. The highest BCUT2D eigenvalue weighted by atomic mass is 16.5. The summed E-state index contributed by atoms with van der Waals surface area (Å²) in [6.45, 7) is 10.1. The van der Waals surface area contributed by atoms with Crippen LogP contribution in [-0.4, -0.2) is 280 Å². The SMILES string of the molecule is CCC(=O)NC(CCCCNC(=N)N)C(=O)NC(Cc1ccc(OCC(=O)O)cc1)C(=O)N[C@@H](CC(=O)O)C(=O)N[C@@H](Cc1cccc(C)c1)C(=O)NC(CCc1ccccc1)C(=O)N[C@@H](Cc1ccc(-c2ccccc2)cc1)C(=O)N[C@@H](CCC(N)=O)C(=O)N(C)[C@@H](C)C(=O)N[C@H](CC(C)C)C(=O)N[C@@H](CCN)C(=O)NC(CC1CCCCC1)C(=O)NC(C(=O)NC(CO)C(=O)N[C@@H](CC)C(=O)NC(CCN)C(N)=O)C(C)(C)O. The average molecular weight is 2090 g/mol. The monoisotopic (exact) mass is 2090 g/mol. The van der Waals surface area contributed by atoms with E-state index in [0.717, 1.165) is 35.3 Å². The number of aliphatic hydroxyl groups excluding tert-OH is 1. The predicted octanol–water partition coefficient (Wildman–Crippen LogP) is -1.40. The van der Waals surface area contributed by atoms with E-state index < -0.39 is 241 Å². The lowest BCUT2D eigenvalue weighted by Gasteiger charge is -2.33. The molecule has 30 N–H and O–H groups in total. The van der Waals surface area contributed by atoms with Gasteiger partial charge in [-0.25, -0.2) is 4.79 Å². The van der Waals surface area contributed by atoms with Crippen molar-refractivity contribution in [2.45, 2.75) is 293 Å². The number of carbonyl (C=O) groups excluding carboxylic acids is 17. The second kappa shape index (κ2) is 62.9. The van der Waals surface area contributed by atoms with Crippen molar-refractivity contribution >= 4 is 118 Å². The Hall–Kier alpha value is -15.1. The molecule has 0 aromatic heterocycles. The number of ether oxygens (including phenoxy) is 1. The first kappa shape index (κ1) is 124. The van der Waals surface area contributed by atoms with E-state index in [1.807, 2.05) is 30.3 Å². The molecule has 15 atom stereocenters. The van der Waals surface area contributed by atoms with E-state index in [1.165, 1.54) is 59.0 Å². The van der Waals surface area contributed by atoms with Crippen molar-refractivity contribution in [3.05, 3.63) is 161 Å². The number of carboxylic acids is 2. The summed E-state index contributed by atoms with van der Waals surface area (Å²) in [7, 11) is 1.20. The first-order chi connectivity index (χ1) is 71.1. The van der Waals surface area contributed by atoms with Gasteiger partial charge in [0.1, 0.15) is 96.4 Å². The molecule has 5 aromatic rings. The molecule has 1 saturated carbocycles. The van der Waals surface area contributed by atoms with Crippen molar-refractivity contribution in [3.8, 4) is 16.9 Å². The van der Waals surface area contributed by atoms with Crippen LogP contribution in [0.5, 0.6) is 5.75 Å². The van der Waals surface area contributed by atoms with Crippen LogP contribution in [0.3, 0.4) is 0 Å². The summed E-state index contributed by atoms with van der Waals surface area (Å²) in [6, 6.07) is 13.3. The molecule has 0 saturated heterocycles. The third kappa shape index (κ3) is 43.0. The number of nitrogens with one attached hydrogen (secondary N) is 16. The highest BCUT2D eigenvalue weighted by molar-refractivity contribution is 6.02. The molecule has 0 radical (unpaired) electrons. The summed E-state index contributed by atoms with van der Waals surface area (Å²) >= 11 is 0. The lowest BCUT2D eigenvalue weighted by molar-refractivity contribution is -0.143. The molecular formula is C104H150N22O24. The maximum absolute atomic E-state index is 15.7. The lowest BCUT2D eigenvalue weighted by Crippen LogP contribution is -2.64. The Balaban J connectivity index is 1.31. The van der Waals surface area contributed by atoms with E-state index in [9.17, 15) is 87.5 Å². The van der Waals surface area contributed by atoms with Crippen LogP contribution in [0.1, 0.15) is 192 Å². The molecule has 46 heteroatoms. The Morgan fingerprint density at radius 2 is 0.900 bits per heavy atom. The number of nitrogens with zero attached hydrogens (tertiary/aromatic N) is 1. The first-order valence-corrected chi connectivity index (χ1v) is 50.4. The number of hydrogen-bond donors (Lipinski definition) is 25. The number of amides is 17. The Kier molecular flexibility index (Phi) is 51.9. The molecule has 150 heavy (non-hydrogen) atoms. The summed E-state index contributed by atoms with van der Waals surface area (Å²) in [5, 5.41) is 88.0. The zero-order valence-corrected chi connectivity index (χ0v) is 86.4. The van der Waals surface area contributed by atoms with Crippen LogP contribution in [-0.2, 0) is 117 Å². The number of aliphatic hydroxyl groups is 2. The quantitative estimate of drug-likeness (QED) is 0.0121. The van der Waals surface area contributed by atoms with Crippen LogP contribution in [0.15, 0.2) is 133 Å². The van der Waals surface area contributed by atoms with Crippen LogP contribution in [0.4, 0.5) is 0 Å². The number of aryl methyl sites for hydroxylation is 2. The molecule has 0 bridgehead atoms. The Morgan fingerprint density at radius 1 is 0.453 bits per heavy atom. The van der Waals surface area contributed by atoms with Gasteiger partial charge in [0.2, 0.25) is 100 Å². The second-order valence-corrected chi connectivity index (χ2v) is 38.4. The maximum atomic E-state index is 15.7. The molecule has 0 heterocycles. The average Bonchev–Trinajstić information content (AvgIpc) is 0.823. The molecule has 820 valence electrons. The third-order valence-electron chi connectivity index (χ3n) is 25.2. The van der Waals surface area contributed by atoms with Crippen LogP contribution >= 0.6 is 0 Å². The molecule has 17 amide bonds. The van der Waals surface area contributed by atoms with Gasteiger partial charge in [-0.2, -0.15) is 0 Å². The molecule has 46 nitrogen and oxygen atoms in total. The second-order valence-electron chi connectivity index (χ2n) is 38.4. The molecule has 0 aliphatic heterocycles. The minimum absolute atomic E-state index is 0.0137. The largest absolute Gasteiger partial charge is 0.482 e. The predicted molar refractivity (Wildman–Crippen MR) is 553 cm³/mol. The van der Waals surface area contributed by atoms with Crippen LogP contribution in [0, 0.1) is 24.2 Å². The Morgan fingerprint density at radius 3 is 1.41 bits per heavy atom. The Bertz CT molecular complexity index is 5380. The fourth-order valence-corrected chi connectivity index (χ4v) is 16.7. The zero-order chi connectivity index (χ0) is 111. The van der Waals surface area contributed by atoms with E-state index in [2.05, 4.69) is 79.8 Å². The third-order valence-corrected chi connectivity index (χ3v) is 25.2. The van der Waals surface area contributed by atoms with Gasteiger partial charge >= 0.3 is 11.9 Å². The standard InChI is InChI=1S/C104H150N22O24/c1-10-70(90(136)114-71(45-47-105)88(108)134)113-100(146)82(57-127)124-101(147)87(104(7,8)149)125-99(145)79(52-63-27-17-13-18-28-63)121-93(139)74(46-48-106)116-94(140)76(50-59(3)4)118-89(135)61(6)126(9)102(148)75(43-44-83(107)128)117-96(142)77(53-64-33-38-68(39-34-64)67-30-19-14-20-31-67)120-92(138)73(42-37-62-25-15-12-16-26-62)115-95(141)80(55-66-29-23-24-60(5)51-66)122-98(144)81(56-85(130)131)123-97(143)78(54-65-35-40-69(41-36-65)150-58-86(132)133)119-91(137)72(112-84(129)11-2)32-21-22-49-111-103(109)110/h12,14-16,19-20,23-26,29-31,33-36,38-41,51,59,61,63,70-82,87,127,149H,10-11,13,17-18,21-22,27-28,32,37,42-50,52-58,105-106H2,1-9H3,(H2,107,128)(H2,108,134)(H,112,129)(H,113,146)(H,114,136)(H,115,141)(H,116,140)(H,117,142)(H,118,135)(H,119,137)(H,120,138)(H,121,139)(H,122,144)(H,123,143)(H,124,147)(H,125,145)(H,130,131)(H,132,133)(H4,109,110,111)/t61-,70-,71?,72?,73?,74-,75-,76+,77-,78?,79?,80-,81-,82?,87?/m0/s1. The van der Waals surface area contributed by atoms with Crippen LogP contribution < -0.4 is 113 Å². The zero-order valence-electron chi connectivity index (χ0n) is 86.4. The first-order valence-electron chi connectivity index (χ1n) is 50.4. The number of unbranched alkanes of at least 4 members (excludes halogenated alkanes) is 1.